The molecule has 4 nitrogen and oxygen atoms in total. The van der Waals surface area contributed by atoms with Gasteiger partial charge in [0.15, 0.2) is 5.88 Å². The molecule has 0 unspecified atom stereocenters. The van der Waals surface area contributed by atoms with E-state index in [4.69, 9.17) is 5.02 Å². The van der Waals surface area contributed by atoms with E-state index >= 15 is 0 Å². The molecule has 0 aliphatic rings. The molecule has 0 amide bonds. The standard InChI is InChI=1S/C3H5BN2O2/c7-4-8-3-1-2-5-6-3/h1-2,4,7H,(H,5,6). The molecule has 0 atom stereocenters. The summed E-state index contributed by atoms with van der Waals surface area (Å²) < 4.78 is 4.58. The lowest BCUT2D eigenvalue weighted by molar-refractivity contribution is 0.442. The average Bonchev–Trinajstić information content (AvgIpc) is 2.19. The molecule has 0 aromatic carbocycles. The first-order valence-corrected chi connectivity index (χ1v) is 2.16. The Balaban J connectivity index is 2.50. The molecule has 1 rings (SSSR count). The zero-order valence-electron chi connectivity index (χ0n) is 4.16. The molecule has 1 heterocycles. The first-order valence-electron chi connectivity index (χ1n) is 2.16. The van der Waals surface area contributed by atoms with Crippen molar-refractivity contribution in [2.45, 2.75) is 0 Å². The van der Waals surface area contributed by atoms with Crippen LogP contribution >= 0.6 is 0 Å². The average molecular weight is 112 g/mol. The van der Waals surface area contributed by atoms with Crippen LogP contribution in [0.5, 0.6) is 5.88 Å². The largest absolute Gasteiger partial charge is 0.525 e. The van der Waals surface area contributed by atoms with Crippen LogP contribution in [0.15, 0.2) is 12.3 Å². The Labute approximate surface area is 46.8 Å². The molecule has 1 aromatic rings. The minimum absolute atomic E-state index is 0.317. The molecule has 0 saturated heterocycles. The van der Waals surface area contributed by atoms with Crippen molar-refractivity contribution in [2.24, 2.45) is 0 Å². The van der Waals surface area contributed by atoms with Gasteiger partial charge in [-0.25, -0.2) is 5.10 Å². The Morgan fingerprint density at radius 3 is 3.25 bits per heavy atom. The van der Waals surface area contributed by atoms with Gasteiger partial charge < -0.3 is 9.68 Å². The van der Waals surface area contributed by atoms with Crippen LogP contribution in [0.4, 0.5) is 0 Å². The molecule has 5 heteroatoms. The predicted octanol–water partition coefficient (Wildman–Crippen LogP) is -0.953. The van der Waals surface area contributed by atoms with Crippen molar-refractivity contribution < 1.29 is 9.68 Å². The van der Waals surface area contributed by atoms with Gasteiger partial charge in [-0.3, -0.25) is 0 Å². The molecule has 0 bridgehead atoms. The van der Waals surface area contributed by atoms with Crippen molar-refractivity contribution in [1.82, 2.24) is 10.2 Å². The van der Waals surface area contributed by atoms with Gasteiger partial charge in [-0.05, 0) is 0 Å². The highest BCUT2D eigenvalue weighted by atomic mass is 16.5. The van der Waals surface area contributed by atoms with Crippen LogP contribution in [-0.4, -0.2) is 22.9 Å². The highest BCUT2D eigenvalue weighted by Gasteiger charge is 1.89. The fraction of sp³-hybridized carbons (Fsp3) is 0. The number of aromatic amines is 1. The summed E-state index contributed by atoms with van der Waals surface area (Å²) in [6.07, 6.45) is 1.55. The fourth-order valence-corrected chi connectivity index (χ4v) is 0.393. The lowest BCUT2D eigenvalue weighted by Crippen LogP contribution is -1.99. The minimum atomic E-state index is -0.317. The summed E-state index contributed by atoms with van der Waals surface area (Å²) in [4.78, 5) is 0. The Morgan fingerprint density at radius 1 is 1.88 bits per heavy atom. The van der Waals surface area contributed by atoms with E-state index in [9.17, 15) is 0 Å². The van der Waals surface area contributed by atoms with Crippen LogP contribution in [0, 0.1) is 0 Å². The second-order valence-electron chi connectivity index (χ2n) is 1.19. The maximum atomic E-state index is 8.17. The van der Waals surface area contributed by atoms with Crippen molar-refractivity contribution in [3.8, 4) is 5.88 Å². The van der Waals surface area contributed by atoms with Crippen LogP contribution in [0.2, 0.25) is 0 Å². The minimum Gasteiger partial charge on any atom is -0.525 e. The maximum Gasteiger partial charge on any atom is 0.505 e. The van der Waals surface area contributed by atoms with Crippen molar-refractivity contribution in [1.29, 1.82) is 0 Å². The fourth-order valence-electron chi connectivity index (χ4n) is 0.393. The van der Waals surface area contributed by atoms with Crippen LogP contribution in [0.25, 0.3) is 0 Å². The molecule has 8 heavy (non-hydrogen) atoms. The molecule has 0 aliphatic heterocycles. The Morgan fingerprint density at radius 2 is 2.75 bits per heavy atom. The predicted molar refractivity (Wildman–Crippen MR) is 28.6 cm³/mol. The number of aromatic nitrogens is 2. The van der Waals surface area contributed by atoms with Gasteiger partial charge in [0.25, 0.3) is 0 Å². The number of hydrogen-bond donors (Lipinski definition) is 2. The summed E-state index contributed by atoms with van der Waals surface area (Å²) in [5, 5.41) is 14.3. The SMILES string of the molecule is OBOc1ccn[nH]1. The molecular weight excluding hydrogens is 107 g/mol. The summed E-state index contributed by atoms with van der Waals surface area (Å²) in [5.74, 6) is 0.479. The summed E-state index contributed by atoms with van der Waals surface area (Å²) in [7, 11) is -0.317. The van der Waals surface area contributed by atoms with E-state index in [1.807, 2.05) is 0 Å². The molecule has 42 valence electrons. The van der Waals surface area contributed by atoms with Gasteiger partial charge >= 0.3 is 7.69 Å². The smallest absolute Gasteiger partial charge is 0.505 e. The Hall–Kier alpha value is -0.965. The summed E-state index contributed by atoms with van der Waals surface area (Å²) in [6.45, 7) is 0. The van der Waals surface area contributed by atoms with Crippen molar-refractivity contribution in [2.75, 3.05) is 0 Å². The third kappa shape index (κ3) is 1.00. The molecular formula is C3H5BN2O2. The Bertz CT molecular complexity index is 141. The highest BCUT2D eigenvalue weighted by Crippen LogP contribution is 1.98. The van der Waals surface area contributed by atoms with E-state index in [0.29, 0.717) is 5.88 Å². The second kappa shape index (κ2) is 2.37. The molecule has 0 aliphatic carbocycles. The number of rotatable bonds is 2. The van der Waals surface area contributed by atoms with Gasteiger partial charge in [0.1, 0.15) is 0 Å². The third-order valence-electron chi connectivity index (χ3n) is 0.695. The first-order chi connectivity index (χ1) is 3.93. The van der Waals surface area contributed by atoms with Crippen LogP contribution in [0.1, 0.15) is 0 Å². The zero-order chi connectivity index (χ0) is 5.82. The molecule has 0 radical (unpaired) electrons. The van der Waals surface area contributed by atoms with Gasteiger partial charge in [-0.2, -0.15) is 5.10 Å². The monoisotopic (exact) mass is 112 g/mol. The summed E-state index contributed by atoms with van der Waals surface area (Å²) >= 11 is 0. The van der Waals surface area contributed by atoms with Crippen LogP contribution in [-0.2, 0) is 0 Å². The quantitative estimate of drug-likeness (QED) is 0.484. The second-order valence-corrected chi connectivity index (χ2v) is 1.19. The van der Waals surface area contributed by atoms with E-state index in [1.54, 1.807) is 12.3 Å². The summed E-state index contributed by atoms with van der Waals surface area (Å²) in [6, 6.07) is 1.62. The van der Waals surface area contributed by atoms with E-state index in [2.05, 4.69) is 14.9 Å². The Kier molecular flexibility index (Phi) is 1.53. The van der Waals surface area contributed by atoms with Crippen molar-refractivity contribution in [3.63, 3.8) is 0 Å². The lowest BCUT2D eigenvalue weighted by atomic mass is 10.4. The number of H-pyrrole nitrogens is 1. The van der Waals surface area contributed by atoms with Crippen molar-refractivity contribution >= 4 is 7.69 Å². The lowest BCUT2D eigenvalue weighted by Gasteiger charge is -1.91. The summed E-state index contributed by atoms with van der Waals surface area (Å²) in [5.41, 5.74) is 0. The number of nitrogens with one attached hydrogen (secondary N) is 1. The van der Waals surface area contributed by atoms with E-state index in [0.717, 1.165) is 0 Å². The molecule has 0 saturated carbocycles. The van der Waals surface area contributed by atoms with Crippen LogP contribution < -0.4 is 4.65 Å². The van der Waals surface area contributed by atoms with Crippen LogP contribution in [0.3, 0.4) is 0 Å². The normalized spacial score (nSPS) is 8.62. The number of nitrogens with zero attached hydrogens (tertiary/aromatic N) is 1. The molecule has 1 aromatic heterocycles. The van der Waals surface area contributed by atoms with Crippen molar-refractivity contribution in [3.05, 3.63) is 12.3 Å². The van der Waals surface area contributed by atoms with Gasteiger partial charge in [0.05, 0.1) is 6.20 Å². The van der Waals surface area contributed by atoms with E-state index < -0.39 is 0 Å². The third-order valence-corrected chi connectivity index (χ3v) is 0.695. The van der Waals surface area contributed by atoms with Gasteiger partial charge in [-0.1, -0.05) is 0 Å². The van der Waals surface area contributed by atoms with Gasteiger partial charge in [0.2, 0.25) is 0 Å². The maximum absolute atomic E-state index is 8.17. The molecule has 0 fully saturated rings. The topological polar surface area (TPSA) is 58.1 Å². The van der Waals surface area contributed by atoms with E-state index in [-0.39, 0.29) is 7.69 Å². The van der Waals surface area contributed by atoms with Gasteiger partial charge in [0, 0.05) is 6.07 Å². The molecule has 0 spiro atoms. The zero-order valence-corrected chi connectivity index (χ0v) is 4.16. The number of hydrogen-bond acceptors (Lipinski definition) is 3. The van der Waals surface area contributed by atoms with Gasteiger partial charge in [-0.15, -0.1) is 0 Å². The first kappa shape index (κ1) is 5.18. The highest BCUT2D eigenvalue weighted by molar-refractivity contribution is 6.17. The molecule has 2 N–H and O–H groups in total. The van der Waals surface area contributed by atoms with E-state index in [1.165, 1.54) is 0 Å².